The molecule has 0 amide bonds. The molecule has 0 saturated carbocycles. The molecule has 1 heterocycles. The number of hydrogen-bond acceptors (Lipinski definition) is 5. The van der Waals surface area contributed by atoms with Gasteiger partial charge in [-0.15, -0.1) is 6.58 Å². The van der Waals surface area contributed by atoms with E-state index in [-0.39, 0.29) is 24.6 Å². The van der Waals surface area contributed by atoms with Gasteiger partial charge in [-0.25, -0.2) is 8.42 Å². The lowest BCUT2D eigenvalue weighted by atomic mass is 10.4. The predicted molar refractivity (Wildman–Crippen MR) is 71.9 cm³/mol. The number of rotatable bonds is 9. The van der Waals surface area contributed by atoms with Gasteiger partial charge in [0.1, 0.15) is 4.90 Å². The van der Waals surface area contributed by atoms with E-state index in [1.165, 1.54) is 18.5 Å². The van der Waals surface area contributed by atoms with Crippen LogP contribution in [-0.2, 0) is 16.6 Å². The molecule has 0 fully saturated rings. The molecule has 0 atom stereocenters. The highest BCUT2D eigenvalue weighted by Gasteiger charge is 2.24. The van der Waals surface area contributed by atoms with Crippen molar-refractivity contribution in [1.29, 1.82) is 0 Å². The topological polar surface area (TPSA) is 101 Å². The van der Waals surface area contributed by atoms with Gasteiger partial charge in [0.05, 0.1) is 12.8 Å². The minimum absolute atomic E-state index is 0.0301. The Morgan fingerprint density at radius 2 is 2.32 bits per heavy atom. The maximum Gasteiger partial charge on any atom is 0.246 e. The van der Waals surface area contributed by atoms with Crippen molar-refractivity contribution in [3.8, 4) is 0 Å². The van der Waals surface area contributed by atoms with Crippen LogP contribution in [-0.4, -0.2) is 53.9 Å². The van der Waals surface area contributed by atoms with E-state index < -0.39 is 10.0 Å². The van der Waals surface area contributed by atoms with Gasteiger partial charge in [0.15, 0.2) is 0 Å². The third-order valence-corrected chi connectivity index (χ3v) is 4.34. The van der Waals surface area contributed by atoms with Crippen LogP contribution in [0.5, 0.6) is 0 Å². The molecular weight excluding hydrogens is 268 g/mol. The molecule has 0 saturated heterocycles. The lowest BCUT2D eigenvalue weighted by Crippen LogP contribution is -2.33. The van der Waals surface area contributed by atoms with Gasteiger partial charge in [0.2, 0.25) is 10.0 Å². The summed E-state index contributed by atoms with van der Waals surface area (Å²) in [4.78, 5) is 0.111. The van der Waals surface area contributed by atoms with Gasteiger partial charge in [-0.2, -0.15) is 9.40 Å². The highest BCUT2D eigenvalue weighted by atomic mass is 32.2. The number of aromatic nitrogens is 2. The Balaban J connectivity index is 2.90. The molecule has 3 N–H and O–H groups in total. The number of aliphatic hydroxyl groups is 1. The summed E-state index contributed by atoms with van der Waals surface area (Å²) in [6.07, 6.45) is 4.98. The molecule has 1 aromatic rings. The van der Waals surface area contributed by atoms with Gasteiger partial charge in [-0.05, 0) is 13.0 Å². The first-order chi connectivity index (χ1) is 9.06. The second-order valence-corrected chi connectivity index (χ2v) is 5.89. The minimum Gasteiger partial charge on any atom is -0.395 e. The average Bonchev–Trinajstić information content (AvgIpc) is 2.85. The maximum absolute atomic E-state index is 12.3. The van der Waals surface area contributed by atoms with Crippen LogP contribution in [0, 0.1) is 0 Å². The molecule has 108 valence electrons. The molecule has 1 aromatic heterocycles. The molecule has 0 radical (unpaired) electrons. The van der Waals surface area contributed by atoms with Gasteiger partial charge >= 0.3 is 0 Å². The second-order valence-electron chi connectivity index (χ2n) is 3.96. The molecule has 0 unspecified atom stereocenters. The van der Waals surface area contributed by atoms with Crippen LogP contribution in [0.2, 0.25) is 0 Å². The van der Waals surface area contributed by atoms with E-state index in [0.717, 1.165) is 10.7 Å². The van der Waals surface area contributed by atoms with Gasteiger partial charge < -0.3 is 10.8 Å². The maximum atomic E-state index is 12.3. The SMILES string of the molecule is C=CCN(CCO)S(=O)(=O)c1cnn(CCCN)c1. The van der Waals surface area contributed by atoms with Crippen LogP contribution in [0.1, 0.15) is 6.42 Å². The molecule has 0 aliphatic rings. The first-order valence-electron chi connectivity index (χ1n) is 6.00. The van der Waals surface area contributed by atoms with E-state index >= 15 is 0 Å². The molecule has 1 rings (SSSR count). The number of nitrogens with two attached hydrogens (primary N) is 1. The van der Waals surface area contributed by atoms with Crippen molar-refractivity contribution in [1.82, 2.24) is 14.1 Å². The summed E-state index contributed by atoms with van der Waals surface area (Å²) in [5.74, 6) is 0. The quantitative estimate of drug-likeness (QED) is 0.591. The summed E-state index contributed by atoms with van der Waals surface area (Å²) in [6.45, 7) is 4.55. The number of hydrogen-bond donors (Lipinski definition) is 2. The average molecular weight is 288 g/mol. The number of nitrogens with zero attached hydrogens (tertiary/aromatic N) is 3. The van der Waals surface area contributed by atoms with Gasteiger partial charge in [0.25, 0.3) is 0 Å². The second kappa shape index (κ2) is 7.39. The zero-order valence-corrected chi connectivity index (χ0v) is 11.6. The molecular formula is C11H20N4O3S. The van der Waals surface area contributed by atoms with Crippen molar-refractivity contribution in [3.63, 3.8) is 0 Å². The highest BCUT2D eigenvalue weighted by Crippen LogP contribution is 2.14. The fraction of sp³-hybridized carbons (Fsp3) is 0.545. The lowest BCUT2D eigenvalue weighted by Gasteiger charge is -2.18. The highest BCUT2D eigenvalue weighted by molar-refractivity contribution is 7.89. The first kappa shape index (κ1) is 15.8. The largest absolute Gasteiger partial charge is 0.395 e. The van der Waals surface area contributed by atoms with Gasteiger partial charge in [-0.1, -0.05) is 6.08 Å². The third-order valence-electron chi connectivity index (χ3n) is 2.52. The molecule has 0 bridgehead atoms. The number of sulfonamides is 1. The Morgan fingerprint density at radius 3 is 2.89 bits per heavy atom. The Morgan fingerprint density at radius 1 is 1.58 bits per heavy atom. The summed E-state index contributed by atoms with van der Waals surface area (Å²) < 4.78 is 27.3. The van der Waals surface area contributed by atoms with Crippen LogP contribution < -0.4 is 5.73 Å². The van der Waals surface area contributed by atoms with E-state index in [2.05, 4.69) is 11.7 Å². The van der Waals surface area contributed by atoms with E-state index in [1.54, 1.807) is 4.68 Å². The molecule has 8 heteroatoms. The Hall–Kier alpha value is -1.22. The van der Waals surface area contributed by atoms with Crippen molar-refractivity contribution in [3.05, 3.63) is 25.0 Å². The standard InChI is InChI=1S/C11H20N4O3S/c1-2-5-15(7-8-16)19(17,18)11-9-13-14(10-11)6-3-4-12/h2,9-10,16H,1,3-8,12H2. The summed E-state index contributed by atoms with van der Waals surface area (Å²) in [5, 5.41) is 12.9. The zero-order valence-electron chi connectivity index (χ0n) is 10.8. The van der Waals surface area contributed by atoms with Crippen LogP contribution in [0.15, 0.2) is 29.9 Å². The number of aryl methyl sites for hydroxylation is 1. The number of aliphatic hydroxyl groups excluding tert-OH is 1. The summed E-state index contributed by atoms with van der Waals surface area (Å²) in [5.41, 5.74) is 5.39. The fourth-order valence-corrected chi connectivity index (χ4v) is 2.92. The normalized spacial score (nSPS) is 11.9. The minimum atomic E-state index is -3.64. The van der Waals surface area contributed by atoms with Crippen LogP contribution in [0.25, 0.3) is 0 Å². The van der Waals surface area contributed by atoms with E-state index in [4.69, 9.17) is 10.8 Å². The summed E-state index contributed by atoms with van der Waals surface area (Å²) >= 11 is 0. The Bertz CT molecular complexity index is 498. The zero-order chi connectivity index (χ0) is 14.3. The van der Waals surface area contributed by atoms with E-state index in [1.807, 2.05) is 0 Å². The van der Waals surface area contributed by atoms with Gasteiger partial charge in [0, 0.05) is 25.8 Å². The summed E-state index contributed by atoms with van der Waals surface area (Å²) in [6, 6.07) is 0. The van der Waals surface area contributed by atoms with E-state index in [9.17, 15) is 8.42 Å². The summed E-state index contributed by atoms with van der Waals surface area (Å²) in [7, 11) is -3.64. The van der Waals surface area contributed by atoms with Gasteiger partial charge in [-0.3, -0.25) is 4.68 Å². The van der Waals surface area contributed by atoms with Crippen LogP contribution >= 0.6 is 0 Å². The van der Waals surface area contributed by atoms with Crippen molar-refractivity contribution < 1.29 is 13.5 Å². The molecule has 0 spiro atoms. The first-order valence-corrected chi connectivity index (χ1v) is 7.44. The fourth-order valence-electron chi connectivity index (χ4n) is 1.57. The molecule has 19 heavy (non-hydrogen) atoms. The Kier molecular flexibility index (Phi) is 6.16. The Labute approximate surface area is 113 Å². The van der Waals surface area contributed by atoms with Crippen molar-refractivity contribution >= 4 is 10.0 Å². The molecule has 0 aromatic carbocycles. The molecule has 0 aliphatic heterocycles. The van der Waals surface area contributed by atoms with Crippen LogP contribution in [0.4, 0.5) is 0 Å². The van der Waals surface area contributed by atoms with Crippen molar-refractivity contribution in [2.24, 2.45) is 5.73 Å². The third kappa shape index (κ3) is 4.13. The molecule has 0 aliphatic carbocycles. The monoisotopic (exact) mass is 288 g/mol. The van der Waals surface area contributed by atoms with Crippen molar-refractivity contribution in [2.75, 3.05) is 26.2 Å². The van der Waals surface area contributed by atoms with Crippen LogP contribution in [0.3, 0.4) is 0 Å². The van der Waals surface area contributed by atoms with Crippen molar-refractivity contribution in [2.45, 2.75) is 17.9 Å². The smallest absolute Gasteiger partial charge is 0.246 e. The lowest BCUT2D eigenvalue weighted by molar-refractivity contribution is 0.260. The van der Waals surface area contributed by atoms with E-state index in [0.29, 0.717) is 13.1 Å². The predicted octanol–water partition coefficient (Wildman–Crippen LogP) is -0.599. The molecule has 7 nitrogen and oxygen atoms in total.